The van der Waals surface area contributed by atoms with E-state index in [1.54, 1.807) is 6.20 Å². The molecule has 1 aromatic heterocycles. The van der Waals surface area contributed by atoms with Crippen molar-refractivity contribution in [2.75, 3.05) is 6.54 Å². The van der Waals surface area contributed by atoms with Gasteiger partial charge in [0.25, 0.3) is 5.91 Å². The molecule has 1 saturated carbocycles. The first-order valence-corrected chi connectivity index (χ1v) is 8.21. The van der Waals surface area contributed by atoms with Crippen molar-refractivity contribution < 1.29 is 4.79 Å². The predicted octanol–water partition coefficient (Wildman–Crippen LogP) is 1.76. The third-order valence-electron chi connectivity index (χ3n) is 4.78. The molecule has 120 valence electrons. The Kier molecular flexibility index (Phi) is 4.29. The summed E-state index contributed by atoms with van der Waals surface area (Å²) in [5, 5.41) is 8.30. The molecule has 0 spiro atoms. The van der Waals surface area contributed by atoms with E-state index in [0.717, 1.165) is 25.7 Å². The summed E-state index contributed by atoms with van der Waals surface area (Å²) in [6.45, 7) is 4.91. The molecule has 1 unspecified atom stereocenters. The largest absolute Gasteiger partial charge is 0.328 e. The number of carbonyl (C=O) groups excluding carboxylic acids is 1. The van der Waals surface area contributed by atoms with Crippen LogP contribution >= 0.6 is 0 Å². The quantitative estimate of drug-likeness (QED) is 0.863. The van der Waals surface area contributed by atoms with Crippen LogP contribution in [0.15, 0.2) is 18.3 Å². The Balaban J connectivity index is 1.69. The van der Waals surface area contributed by atoms with Gasteiger partial charge in [0, 0.05) is 12.6 Å². The summed E-state index contributed by atoms with van der Waals surface area (Å²) in [6, 6.07) is 0.792. The molecule has 1 aliphatic heterocycles. The maximum absolute atomic E-state index is 12.7. The lowest BCUT2D eigenvalue weighted by Crippen LogP contribution is -2.39. The fourth-order valence-corrected chi connectivity index (χ4v) is 3.41. The average Bonchev–Trinajstić information content (AvgIpc) is 3.17. The SMILES string of the molecule is CC(C)C1C=CCN1C(=O)c1cn(C2CCC(N)CC2)nn1. The highest BCUT2D eigenvalue weighted by Crippen LogP contribution is 2.27. The van der Waals surface area contributed by atoms with Crippen LogP contribution in [0, 0.1) is 5.92 Å². The van der Waals surface area contributed by atoms with Crippen LogP contribution in [0.1, 0.15) is 56.1 Å². The third kappa shape index (κ3) is 2.92. The summed E-state index contributed by atoms with van der Waals surface area (Å²) in [5.74, 6) is 0.375. The van der Waals surface area contributed by atoms with Gasteiger partial charge >= 0.3 is 0 Å². The first-order valence-electron chi connectivity index (χ1n) is 8.21. The summed E-state index contributed by atoms with van der Waals surface area (Å²) in [4.78, 5) is 14.5. The third-order valence-corrected chi connectivity index (χ3v) is 4.78. The molecule has 2 N–H and O–H groups in total. The van der Waals surface area contributed by atoms with Crippen LogP contribution < -0.4 is 5.73 Å². The number of nitrogens with two attached hydrogens (primary N) is 1. The first-order chi connectivity index (χ1) is 10.6. The van der Waals surface area contributed by atoms with Gasteiger partial charge in [-0.15, -0.1) is 5.10 Å². The summed E-state index contributed by atoms with van der Waals surface area (Å²) in [6.07, 6.45) is 10.0. The molecular formula is C16H25N5O. The minimum atomic E-state index is -0.0255. The van der Waals surface area contributed by atoms with E-state index in [2.05, 4.69) is 36.3 Å². The number of amides is 1. The zero-order valence-corrected chi connectivity index (χ0v) is 13.4. The van der Waals surface area contributed by atoms with E-state index >= 15 is 0 Å². The normalized spacial score (nSPS) is 28.5. The fourth-order valence-electron chi connectivity index (χ4n) is 3.41. The van der Waals surface area contributed by atoms with Crippen molar-refractivity contribution in [3.63, 3.8) is 0 Å². The van der Waals surface area contributed by atoms with Gasteiger partial charge in [-0.3, -0.25) is 4.79 Å². The molecule has 0 aromatic carbocycles. The van der Waals surface area contributed by atoms with E-state index in [9.17, 15) is 4.79 Å². The molecule has 1 amide bonds. The molecule has 1 aromatic rings. The molecule has 22 heavy (non-hydrogen) atoms. The number of nitrogens with zero attached hydrogens (tertiary/aromatic N) is 4. The molecule has 1 atom stereocenters. The van der Waals surface area contributed by atoms with Crippen molar-refractivity contribution in [3.05, 3.63) is 24.0 Å². The van der Waals surface area contributed by atoms with Crippen molar-refractivity contribution >= 4 is 5.91 Å². The smallest absolute Gasteiger partial charge is 0.276 e. The van der Waals surface area contributed by atoms with E-state index in [0.29, 0.717) is 30.2 Å². The van der Waals surface area contributed by atoms with Crippen LogP contribution in [0.25, 0.3) is 0 Å². The van der Waals surface area contributed by atoms with Gasteiger partial charge in [-0.25, -0.2) is 4.68 Å². The van der Waals surface area contributed by atoms with Gasteiger partial charge in [-0.05, 0) is 31.6 Å². The summed E-state index contributed by atoms with van der Waals surface area (Å²) in [5.41, 5.74) is 6.39. The van der Waals surface area contributed by atoms with E-state index in [1.807, 2.05) is 9.58 Å². The van der Waals surface area contributed by atoms with Crippen LogP contribution in [0.3, 0.4) is 0 Å². The summed E-state index contributed by atoms with van der Waals surface area (Å²) in [7, 11) is 0. The molecular weight excluding hydrogens is 278 g/mol. The molecule has 1 aliphatic carbocycles. The van der Waals surface area contributed by atoms with E-state index in [-0.39, 0.29) is 11.9 Å². The topological polar surface area (TPSA) is 77.0 Å². The molecule has 6 heteroatoms. The molecule has 2 aliphatic rings. The number of carbonyl (C=O) groups is 1. The Labute approximate surface area is 131 Å². The predicted molar refractivity (Wildman–Crippen MR) is 84.3 cm³/mol. The lowest BCUT2D eigenvalue weighted by Gasteiger charge is -2.27. The first kappa shape index (κ1) is 15.2. The molecule has 0 saturated heterocycles. The van der Waals surface area contributed by atoms with Crippen molar-refractivity contribution in [2.45, 2.75) is 57.7 Å². The lowest BCUT2D eigenvalue weighted by atomic mass is 9.92. The number of aromatic nitrogens is 3. The average molecular weight is 303 g/mol. The van der Waals surface area contributed by atoms with Crippen LogP contribution in [0.2, 0.25) is 0 Å². The second-order valence-electron chi connectivity index (χ2n) is 6.77. The van der Waals surface area contributed by atoms with Gasteiger partial charge in [0.05, 0.1) is 18.3 Å². The number of rotatable bonds is 3. The van der Waals surface area contributed by atoms with Crippen LogP contribution in [-0.4, -0.2) is 44.4 Å². The van der Waals surface area contributed by atoms with Gasteiger partial charge in [0.1, 0.15) is 0 Å². The highest BCUT2D eigenvalue weighted by molar-refractivity contribution is 5.92. The molecule has 0 bridgehead atoms. The van der Waals surface area contributed by atoms with Crippen LogP contribution in [0.4, 0.5) is 0 Å². The van der Waals surface area contributed by atoms with Gasteiger partial charge in [-0.1, -0.05) is 31.2 Å². The minimum Gasteiger partial charge on any atom is -0.328 e. The Morgan fingerprint density at radius 2 is 2.05 bits per heavy atom. The maximum Gasteiger partial charge on any atom is 0.276 e. The van der Waals surface area contributed by atoms with Crippen molar-refractivity contribution in [1.82, 2.24) is 19.9 Å². The van der Waals surface area contributed by atoms with E-state index < -0.39 is 0 Å². The van der Waals surface area contributed by atoms with Crippen molar-refractivity contribution in [1.29, 1.82) is 0 Å². The standard InChI is InChI=1S/C16H25N5O/c1-11(2)15-4-3-9-20(15)16(22)14-10-21(19-18-14)13-7-5-12(17)6-8-13/h3-4,10-13,15H,5-9,17H2,1-2H3. The second kappa shape index (κ2) is 6.20. The number of hydrogen-bond donors (Lipinski definition) is 1. The molecule has 6 nitrogen and oxygen atoms in total. The maximum atomic E-state index is 12.7. The van der Waals surface area contributed by atoms with Crippen molar-refractivity contribution in [3.8, 4) is 0 Å². The van der Waals surface area contributed by atoms with Gasteiger partial charge in [0.15, 0.2) is 5.69 Å². The van der Waals surface area contributed by atoms with Crippen molar-refractivity contribution in [2.24, 2.45) is 11.7 Å². The monoisotopic (exact) mass is 303 g/mol. The Hall–Kier alpha value is -1.69. The minimum absolute atomic E-state index is 0.0255. The fraction of sp³-hybridized carbons (Fsp3) is 0.688. The molecule has 0 radical (unpaired) electrons. The second-order valence-corrected chi connectivity index (χ2v) is 6.77. The highest BCUT2D eigenvalue weighted by Gasteiger charge is 2.30. The highest BCUT2D eigenvalue weighted by atomic mass is 16.2. The number of hydrogen-bond acceptors (Lipinski definition) is 4. The summed E-state index contributed by atoms with van der Waals surface area (Å²) >= 11 is 0. The lowest BCUT2D eigenvalue weighted by molar-refractivity contribution is 0.0714. The molecule has 3 rings (SSSR count). The van der Waals surface area contributed by atoms with E-state index in [4.69, 9.17) is 5.73 Å². The zero-order chi connectivity index (χ0) is 15.7. The van der Waals surface area contributed by atoms with E-state index in [1.165, 1.54) is 0 Å². The molecule has 1 fully saturated rings. The van der Waals surface area contributed by atoms with Gasteiger partial charge in [-0.2, -0.15) is 0 Å². The zero-order valence-electron chi connectivity index (χ0n) is 13.4. The summed E-state index contributed by atoms with van der Waals surface area (Å²) < 4.78 is 1.85. The Morgan fingerprint density at radius 3 is 2.73 bits per heavy atom. The molecule has 2 heterocycles. The van der Waals surface area contributed by atoms with Crippen LogP contribution in [-0.2, 0) is 0 Å². The van der Waals surface area contributed by atoms with Gasteiger partial charge < -0.3 is 10.6 Å². The Bertz CT molecular complexity index is 557. The Morgan fingerprint density at radius 1 is 1.32 bits per heavy atom. The van der Waals surface area contributed by atoms with Gasteiger partial charge in [0.2, 0.25) is 0 Å². The van der Waals surface area contributed by atoms with Crippen LogP contribution in [0.5, 0.6) is 0 Å².